The zero-order valence-electron chi connectivity index (χ0n) is 33.1. The van der Waals surface area contributed by atoms with Gasteiger partial charge in [0.15, 0.2) is 0 Å². The number of nitrogens with two attached hydrogens (primary N) is 1. The second kappa shape index (κ2) is 22.9. The molecule has 2 fully saturated rings. The van der Waals surface area contributed by atoms with Crippen LogP contribution < -0.4 is 27.0 Å². The number of carbonyl (C=O) groups excluding carboxylic acids is 6. The van der Waals surface area contributed by atoms with Crippen molar-refractivity contribution < 1.29 is 47.4 Å². The summed E-state index contributed by atoms with van der Waals surface area (Å²) in [6.45, 7) is 7.66. The first-order chi connectivity index (χ1) is 25.4. The van der Waals surface area contributed by atoms with Crippen LogP contribution in [0.4, 0.5) is 8.78 Å². The molecule has 0 aromatic rings. The van der Waals surface area contributed by atoms with Crippen LogP contribution in [0, 0.1) is 17.8 Å². The van der Waals surface area contributed by atoms with Gasteiger partial charge < -0.3 is 41.7 Å². The zero-order valence-corrected chi connectivity index (χ0v) is 33.1. The number of cyclic esters (lactones) is 1. The molecule has 1 aliphatic carbocycles. The molecular formula is C38H66F2N6O8. The highest BCUT2D eigenvalue weighted by Crippen LogP contribution is 2.37. The third-order valence-corrected chi connectivity index (χ3v) is 10.5. The molecule has 0 spiro atoms. The molecule has 1 saturated carbocycles. The number of alkyl halides is 2. The van der Waals surface area contributed by atoms with Crippen LogP contribution in [0.1, 0.15) is 125 Å². The van der Waals surface area contributed by atoms with Gasteiger partial charge in [0.1, 0.15) is 36.8 Å². The molecule has 54 heavy (non-hydrogen) atoms. The first-order valence-corrected chi connectivity index (χ1v) is 19.8. The fraction of sp³-hybridized carbons (Fsp3) is 0.842. The molecule has 2 aliphatic rings. The van der Waals surface area contributed by atoms with Gasteiger partial charge in [0.05, 0.1) is 12.0 Å². The lowest BCUT2D eigenvalue weighted by Gasteiger charge is -2.37. The Hall–Kier alpha value is -3.40. The summed E-state index contributed by atoms with van der Waals surface area (Å²) < 4.78 is 34.2. The summed E-state index contributed by atoms with van der Waals surface area (Å²) in [5, 5.41) is 20.3. The fourth-order valence-electron chi connectivity index (χ4n) is 7.09. The maximum atomic E-state index is 14.2. The quantitative estimate of drug-likeness (QED) is 0.113. The predicted molar refractivity (Wildman–Crippen MR) is 199 cm³/mol. The molecule has 0 radical (unpaired) electrons. The number of aliphatic hydroxyl groups excluding tert-OH is 1. The third-order valence-electron chi connectivity index (χ3n) is 10.5. The van der Waals surface area contributed by atoms with Crippen molar-refractivity contribution in [1.82, 2.24) is 26.2 Å². The Morgan fingerprint density at radius 3 is 2.02 bits per heavy atom. The molecule has 1 saturated heterocycles. The van der Waals surface area contributed by atoms with Gasteiger partial charge in [0.25, 0.3) is 0 Å². The normalized spacial score (nSPS) is 27.9. The van der Waals surface area contributed by atoms with Gasteiger partial charge in [0.2, 0.25) is 35.5 Å². The Balaban J connectivity index is 2.50. The van der Waals surface area contributed by atoms with E-state index in [4.69, 9.17) is 10.5 Å². The van der Waals surface area contributed by atoms with E-state index in [9.17, 15) is 42.7 Å². The van der Waals surface area contributed by atoms with Crippen molar-refractivity contribution in [1.29, 1.82) is 0 Å². The second-order valence-electron chi connectivity index (χ2n) is 15.6. The van der Waals surface area contributed by atoms with Crippen LogP contribution in [0.3, 0.4) is 0 Å². The van der Waals surface area contributed by atoms with E-state index >= 15 is 0 Å². The van der Waals surface area contributed by atoms with Gasteiger partial charge in [-0.05, 0) is 50.9 Å². The highest BCUT2D eigenvalue weighted by atomic mass is 19.3. The number of hydrogen-bond donors (Lipinski definition) is 6. The summed E-state index contributed by atoms with van der Waals surface area (Å²) in [6.07, 6.45) is 5.16. The van der Waals surface area contributed by atoms with Crippen molar-refractivity contribution in [3.63, 3.8) is 0 Å². The van der Waals surface area contributed by atoms with E-state index in [1.807, 2.05) is 13.8 Å². The van der Waals surface area contributed by atoms with Gasteiger partial charge in [-0.2, -0.15) is 0 Å². The molecule has 7 atom stereocenters. The minimum Gasteiger partial charge on any atom is -0.460 e. The first-order valence-electron chi connectivity index (χ1n) is 19.8. The summed E-state index contributed by atoms with van der Waals surface area (Å²) in [7, 11) is 1.46. The number of rotatable bonds is 14. The Bertz CT molecular complexity index is 1240. The van der Waals surface area contributed by atoms with Gasteiger partial charge in [-0.1, -0.05) is 72.6 Å². The number of hydrogen-bond acceptors (Lipinski definition) is 9. The highest BCUT2D eigenvalue weighted by Gasteiger charge is 2.43. The van der Waals surface area contributed by atoms with Gasteiger partial charge in [-0.15, -0.1) is 0 Å². The molecular weight excluding hydrogens is 706 g/mol. The standard InChI is InChI=1S/C38H66F2N6O8/c1-7-8-9-10-11-12-13-14-15-29-24(4)37(53)46(6)28(20-23(2)3)34(50)45-32(26-16-18-38(39,40)19-17-26)36(52)43-27(21-41)33(49)44-31(25(5)47)35(51)42-22-30(48)54-29/h23-29,31-32,47H,7-22,41H2,1-6H3,(H,42,51)(H,43,52)(H,44,49)(H,45,50)/t24-,25+,27+,28+,29-,31+,32+/m1/s1. The summed E-state index contributed by atoms with van der Waals surface area (Å²) in [4.78, 5) is 82.9. The van der Waals surface area contributed by atoms with Crippen molar-refractivity contribution in [2.45, 2.75) is 167 Å². The van der Waals surface area contributed by atoms with E-state index in [0.717, 1.165) is 32.1 Å². The van der Waals surface area contributed by atoms with Gasteiger partial charge in [-0.3, -0.25) is 28.8 Å². The molecule has 16 heteroatoms. The molecule has 1 aliphatic heterocycles. The molecule has 0 aromatic heterocycles. The summed E-state index contributed by atoms with van der Waals surface area (Å²) in [5.41, 5.74) is 5.84. The number of likely N-dealkylation sites (N-methyl/N-ethyl adjacent to an activating group) is 1. The van der Waals surface area contributed by atoms with E-state index in [2.05, 4.69) is 28.2 Å². The third kappa shape index (κ3) is 15.0. The second-order valence-corrected chi connectivity index (χ2v) is 15.6. The topological polar surface area (TPSA) is 209 Å². The number of ether oxygens (including phenoxy) is 1. The Morgan fingerprint density at radius 1 is 0.870 bits per heavy atom. The minimum atomic E-state index is -2.93. The average Bonchev–Trinajstić information content (AvgIpc) is 3.11. The van der Waals surface area contributed by atoms with Crippen LogP contribution >= 0.6 is 0 Å². The number of unbranched alkanes of at least 4 members (excludes halogenated alkanes) is 7. The van der Waals surface area contributed by atoms with Crippen molar-refractivity contribution in [2.75, 3.05) is 20.1 Å². The van der Waals surface area contributed by atoms with Gasteiger partial charge >= 0.3 is 5.97 Å². The minimum absolute atomic E-state index is 0.0877. The fourth-order valence-corrected chi connectivity index (χ4v) is 7.09. The smallest absolute Gasteiger partial charge is 0.325 e. The van der Waals surface area contributed by atoms with Gasteiger partial charge in [-0.25, -0.2) is 8.78 Å². The van der Waals surface area contributed by atoms with E-state index in [1.54, 1.807) is 6.92 Å². The summed E-state index contributed by atoms with van der Waals surface area (Å²) in [6, 6.07) is -5.45. The largest absolute Gasteiger partial charge is 0.460 e. The monoisotopic (exact) mass is 772 g/mol. The maximum absolute atomic E-state index is 14.2. The average molecular weight is 773 g/mol. The lowest BCUT2D eigenvalue weighted by molar-refractivity contribution is -0.158. The predicted octanol–water partition coefficient (Wildman–Crippen LogP) is 2.69. The molecule has 7 N–H and O–H groups in total. The molecule has 0 unspecified atom stereocenters. The summed E-state index contributed by atoms with van der Waals surface area (Å²) in [5.74, 6) is -9.36. The molecule has 2 rings (SSSR count). The first kappa shape index (κ1) is 46.8. The van der Waals surface area contributed by atoms with Crippen LogP contribution in [0.2, 0.25) is 0 Å². The molecule has 14 nitrogen and oxygen atoms in total. The van der Waals surface area contributed by atoms with Crippen LogP contribution in [0.15, 0.2) is 0 Å². The summed E-state index contributed by atoms with van der Waals surface area (Å²) >= 11 is 0. The number of amides is 5. The molecule has 5 amide bonds. The lowest BCUT2D eigenvalue weighted by Crippen LogP contribution is -2.62. The van der Waals surface area contributed by atoms with Crippen LogP contribution in [-0.2, 0) is 33.5 Å². The number of carbonyl (C=O) groups is 6. The molecule has 0 bridgehead atoms. The van der Waals surface area contributed by atoms with Crippen LogP contribution in [0.25, 0.3) is 0 Å². The Labute approximate surface area is 319 Å². The Kier molecular flexibility index (Phi) is 19.8. The molecule has 1 heterocycles. The number of aliphatic hydroxyl groups is 1. The van der Waals surface area contributed by atoms with E-state index < -0.39 is 116 Å². The SMILES string of the molecule is CCCCCCCCCC[C@H]1OC(=O)CNC(=O)[C@H]([C@H](C)O)NC(=O)[C@H](CN)NC(=O)[C@H](C2CCC(F)(F)CC2)NC(=O)[C@H](CC(C)C)N(C)C(=O)[C@@H]1C. The van der Waals surface area contributed by atoms with E-state index in [0.29, 0.717) is 12.8 Å². The number of nitrogens with one attached hydrogen (secondary N) is 4. The van der Waals surface area contributed by atoms with E-state index in [-0.39, 0.29) is 25.2 Å². The van der Waals surface area contributed by atoms with Gasteiger partial charge in [0, 0.05) is 26.4 Å². The van der Waals surface area contributed by atoms with Crippen molar-refractivity contribution in [3.8, 4) is 0 Å². The lowest BCUT2D eigenvalue weighted by atomic mass is 9.81. The zero-order chi connectivity index (χ0) is 40.6. The van der Waals surface area contributed by atoms with Crippen LogP contribution in [-0.4, -0.2) is 108 Å². The van der Waals surface area contributed by atoms with Crippen LogP contribution in [0.5, 0.6) is 0 Å². The van der Waals surface area contributed by atoms with E-state index in [1.165, 1.54) is 31.7 Å². The number of nitrogens with zero attached hydrogens (tertiary/aromatic N) is 1. The molecule has 0 aromatic carbocycles. The molecule has 310 valence electrons. The van der Waals surface area contributed by atoms with Crippen molar-refractivity contribution >= 4 is 35.5 Å². The number of esters is 1. The maximum Gasteiger partial charge on any atom is 0.325 e. The van der Waals surface area contributed by atoms with Crippen molar-refractivity contribution in [2.24, 2.45) is 23.5 Å². The number of halogens is 2. The van der Waals surface area contributed by atoms with Crippen molar-refractivity contribution in [3.05, 3.63) is 0 Å². The highest BCUT2D eigenvalue weighted by molar-refractivity contribution is 5.96. The Morgan fingerprint density at radius 2 is 1.46 bits per heavy atom.